The molecule has 0 aliphatic carbocycles. The molecule has 0 atom stereocenters. The Labute approximate surface area is 182 Å². The molecule has 1 aromatic carbocycles. The molecule has 0 N–H and O–H groups in total. The van der Waals surface area contributed by atoms with Crippen molar-refractivity contribution in [3.05, 3.63) is 109 Å². The summed E-state index contributed by atoms with van der Waals surface area (Å²) in [6, 6.07) is 8.27. The lowest BCUT2D eigenvalue weighted by molar-refractivity contribution is 0.588. The average molecular weight is 435 g/mol. The Kier molecular flexibility index (Phi) is 6.22. The molecule has 0 bridgehead atoms. The lowest BCUT2D eigenvalue weighted by Crippen LogP contribution is -2.12. The molecular weight excluding hydrogens is 411 g/mol. The Morgan fingerprint density at radius 1 is 1.03 bits per heavy atom. The van der Waals surface area contributed by atoms with Crippen LogP contribution >= 0.6 is 0 Å². The number of benzene rings is 1. The molecule has 4 nitrogen and oxygen atoms in total. The predicted molar refractivity (Wildman–Crippen MR) is 126 cm³/mol. The number of nitrogens with zero attached hydrogens (tertiary/aromatic N) is 2. The highest BCUT2D eigenvalue weighted by atomic mass is 32.2. The monoisotopic (exact) mass is 434 g/mol. The van der Waals surface area contributed by atoms with Gasteiger partial charge in [-0.15, -0.1) is 0 Å². The molecule has 158 valence electrons. The van der Waals surface area contributed by atoms with Gasteiger partial charge in [-0.1, -0.05) is 55.7 Å². The standard InChI is InChI=1S/C25H23FN2O2S/c1-6-18(7-2)21-14-15-27-25-24(21)22(20(8-3)23(26)9-4)16-28(25)31(29,30)19-12-10-17(5)11-13-19/h6-16H,1,3-4H2,2,5H3/b18-7+,23-20-. The average Bonchev–Trinajstić information content (AvgIpc) is 3.16. The van der Waals surface area contributed by atoms with Gasteiger partial charge in [0.2, 0.25) is 0 Å². The minimum Gasteiger partial charge on any atom is -0.237 e. The Balaban J connectivity index is 2.50. The van der Waals surface area contributed by atoms with Crippen molar-refractivity contribution < 1.29 is 12.8 Å². The molecule has 0 spiro atoms. The summed E-state index contributed by atoms with van der Waals surface area (Å²) in [6.07, 6.45) is 8.82. The van der Waals surface area contributed by atoms with E-state index in [9.17, 15) is 12.8 Å². The van der Waals surface area contributed by atoms with Crippen LogP contribution in [0.5, 0.6) is 0 Å². The first-order chi connectivity index (χ1) is 14.8. The number of pyridine rings is 1. The van der Waals surface area contributed by atoms with Crippen molar-refractivity contribution in [2.24, 2.45) is 0 Å². The van der Waals surface area contributed by atoms with Crippen LogP contribution in [-0.4, -0.2) is 17.4 Å². The molecule has 0 saturated heterocycles. The van der Waals surface area contributed by atoms with Crippen molar-refractivity contribution in [3.63, 3.8) is 0 Å². The molecule has 3 aromatic rings. The van der Waals surface area contributed by atoms with Crippen LogP contribution in [0.2, 0.25) is 0 Å². The van der Waals surface area contributed by atoms with Gasteiger partial charge in [0.25, 0.3) is 10.0 Å². The molecule has 2 heterocycles. The van der Waals surface area contributed by atoms with Crippen LogP contribution in [0, 0.1) is 6.92 Å². The maximum absolute atomic E-state index is 14.7. The first kappa shape index (κ1) is 22.2. The van der Waals surface area contributed by atoms with E-state index in [1.807, 2.05) is 19.9 Å². The number of aromatic nitrogens is 2. The Morgan fingerprint density at radius 2 is 1.71 bits per heavy atom. The molecule has 31 heavy (non-hydrogen) atoms. The molecular formula is C25H23FN2O2S. The van der Waals surface area contributed by atoms with E-state index in [0.29, 0.717) is 16.5 Å². The van der Waals surface area contributed by atoms with Crippen molar-refractivity contribution in [1.29, 1.82) is 0 Å². The van der Waals surface area contributed by atoms with Gasteiger partial charge < -0.3 is 0 Å². The van der Waals surface area contributed by atoms with Crippen LogP contribution in [0.4, 0.5) is 4.39 Å². The van der Waals surface area contributed by atoms with Gasteiger partial charge in [0.05, 0.1) is 4.90 Å². The number of fused-ring (bicyclic) bond motifs is 1. The smallest absolute Gasteiger partial charge is 0.237 e. The van der Waals surface area contributed by atoms with Gasteiger partial charge in [-0.25, -0.2) is 21.8 Å². The molecule has 0 fully saturated rings. The van der Waals surface area contributed by atoms with Gasteiger partial charge in [0, 0.05) is 28.9 Å². The first-order valence-corrected chi connectivity index (χ1v) is 11.0. The molecule has 0 saturated carbocycles. The van der Waals surface area contributed by atoms with E-state index in [-0.39, 0.29) is 16.1 Å². The molecule has 0 unspecified atom stereocenters. The SMILES string of the molecule is C=C/C(F)=C(\C=C)c1cn(S(=O)(=O)c2ccc(C)cc2)c2nccc(/C(C=C)=C/C)c12. The maximum atomic E-state index is 14.7. The Hall–Kier alpha value is -3.51. The fourth-order valence-electron chi connectivity index (χ4n) is 3.41. The van der Waals surface area contributed by atoms with Gasteiger partial charge in [0.15, 0.2) is 5.65 Å². The minimum atomic E-state index is -3.99. The second kappa shape index (κ2) is 8.70. The fourth-order valence-corrected chi connectivity index (χ4v) is 4.72. The van der Waals surface area contributed by atoms with Crippen LogP contribution in [0.3, 0.4) is 0 Å². The van der Waals surface area contributed by atoms with Crippen molar-refractivity contribution in [2.45, 2.75) is 18.7 Å². The summed E-state index contributed by atoms with van der Waals surface area (Å²) in [7, 11) is -3.99. The molecule has 0 aliphatic rings. The molecule has 0 aliphatic heterocycles. The van der Waals surface area contributed by atoms with Gasteiger partial charge in [-0.3, -0.25) is 0 Å². The summed E-state index contributed by atoms with van der Waals surface area (Å²) in [6.45, 7) is 14.8. The number of hydrogen-bond acceptors (Lipinski definition) is 3. The summed E-state index contributed by atoms with van der Waals surface area (Å²) in [5, 5.41) is 0.484. The molecule has 0 radical (unpaired) electrons. The van der Waals surface area contributed by atoms with E-state index in [0.717, 1.165) is 21.2 Å². The largest absolute Gasteiger partial charge is 0.269 e. The first-order valence-electron chi connectivity index (χ1n) is 9.56. The zero-order valence-electron chi connectivity index (χ0n) is 17.5. The molecule has 0 amide bonds. The number of hydrogen-bond donors (Lipinski definition) is 0. The Bertz CT molecular complexity index is 1360. The number of aryl methyl sites for hydroxylation is 1. The third kappa shape index (κ3) is 3.82. The number of allylic oxidation sites excluding steroid dienone is 7. The maximum Gasteiger partial charge on any atom is 0.269 e. The van der Waals surface area contributed by atoms with Crippen LogP contribution in [0.15, 0.2) is 97.5 Å². The summed E-state index contributed by atoms with van der Waals surface area (Å²) in [5.74, 6) is -0.614. The third-order valence-corrected chi connectivity index (χ3v) is 6.67. The lowest BCUT2D eigenvalue weighted by Gasteiger charge is -2.09. The van der Waals surface area contributed by atoms with Crippen LogP contribution in [0.25, 0.3) is 22.2 Å². The Morgan fingerprint density at radius 3 is 2.26 bits per heavy atom. The predicted octanol–water partition coefficient (Wildman–Crippen LogP) is 6.22. The third-order valence-electron chi connectivity index (χ3n) is 5.01. The molecule has 6 heteroatoms. The molecule has 3 rings (SSSR count). The van der Waals surface area contributed by atoms with Crippen LogP contribution < -0.4 is 0 Å². The second-order valence-electron chi connectivity index (χ2n) is 6.83. The molecule has 2 aromatic heterocycles. The second-order valence-corrected chi connectivity index (χ2v) is 8.65. The summed E-state index contributed by atoms with van der Waals surface area (Å²) >= 11 is 0. The van der Waals surface area contributed by atoms with Gasteiger partial charge in [0.1, 0.15) is 5.83 Å². The van der Waals surface area contributed by atoms with Crippen molar-refractivity contribution in [3.8, 4) is 0 Å². The summed E-state index contributed by atoms with van der Waals surface area (Å²) in [5.41, 5.74) is 3.05. The minimum absolute atomic E-state index is 0.108. The zero-order valence-corrected chi connectivity index (χ0v) is 18.3. The van der Waals surface area contributed by atoms with E-state index in [1.165, 1.54) is 30.6 Å². The summed E-state index contributed by atoms with van der Waals surface area (Å²) in [4.78, 5) is 4.45. The normalized spacial score (nSPS) is 13.1. The van der Waals surface area contributed by atoms with Crippen LogP contribution in [0.1, 0.15) is 23.6 Å². The number of halogens is 1. The van der Waals surface area contributed by atoms with E-state index in [2.05, 4.69) is 24.7 Å². The lowest BCUT2D eigenvalue weighted by atomic mass is 9.97. The van der Waals surface area contributed by atoms with E-state index in [1.54, 1.807) is 24.3 Å². The zero-order chi connectivity index (χ0) is 22.8. The van der Waals surface area contributed by atoms with E-state index in [4.69, 9.17) is 0 Å². The van der Waals surface area contributed by atoms with Gasteiger partial charge in [-0.2, -0.15) is 0 Å². The number of rotatable bonds is 7. The van der Waals surface area contributed by atoms with E-state index >= 15 is 0 Å². The van der Waals surface area contributed by atoms with Crippen molar-refractivity contribution in [1.82, 2.24) is 8.96 Å². The quantitative estimate of drug-likeness (QED) is 0.415. The van der Waals surface area contributed by atoms with Crippen molar-refractivity contribution >= 4 is 32.2 Å². The highest BCUT2D eigenvalue weighted by Crippen LogP contribution is 2.36. The summed E-state index contributed by atoms with van der Waals surface area (Å²) < 4.78 is 42.7. The highest BCUT2D eigenvalue weighted by molar-refractivity contribution is 7.90. The fraction of sp³-hybridized carbons (Fsp3) is 0.0800. The highest BCUT2D eigenvalue weighted by Gasteiger charge is 2.25. The van der Waals surface area contributed by atoms with Gasteiger partial charge >= 0.3 is 0 Å². The van der Waals surface area contributed by atoms with Gasteiger partial charge in [-0.05, 0) is 49.3 Å². The topological polar surface area (TPSA) is 52.0 Å². The van der Waals surface area contributed by atoms with Crippen molar-refractivity contribution in [2.75, 3.05) is 0 Å². The van der Waals surface area contributed by atoms with Crippen LogP contribution in [-0.2, 0) is 10.0 Å². The van der Waals surface area contributed by atoms with E-state index < -0.39 is 15.9 Å².